The molecule has 10 heteroatoms. The summed E-state index contributed by atoms with van der Waals surface area (Å²) in [5, 5.41) is 32.2. The van der Waals surface area contributed by atoms with E-state index in [0.29, 0.717) is 17.9 Å². The molecule has 3 aromatic rings. The molecule has 35 heavy (non-hydrogen) atoms. The molecule has 4 N–H and O–H groups in total. The number of hydrogen-bond donors (Lipinski definition) is 4. The number of carboxylic acids is 1. The molecule has 186 valence electrons. The molecular formula is C25H29ClN4O5. The van der Waals surface area contributed by atoms with Crippen molar-refractivity contribution in [3.63, 3.8) is 0 Å². The monoisotopic (exact) mass is 500 g/mol. The summed E-state index contributed by atoms with van der Waals surface area (Å²) in [6.07, 6.45) is 2.32. The van der Waals surface area contributed by atoms with E-state index in [0.717, 1.165) is 16.7 Å². The number of H-pyrrole nitrogens is 1. The zero-order valence-corrected chi connectivity index (χ0v) is 20.2. The summed E-state index contributed by atoms with van der Waals surface area (Å²) in [6, 6.07) is 14.9. The number of aromatic nitrogens is 3. The number of amides is 1. The number of carbonyl (C=O) groups is 2. The lowest BCUT2D eigenvalue weighted by Gasteiger charge is -2.30. The maximum absolute atomic E-state index is 12.7. The Labute approximate surface area is 208 Å². The van der Waals surface area contributed by atoms with E-state index < -0.39 is 23.3 Å². The predicted molar refractivity (Wildman–Crippen MR) is 131 cm³/mol. The lowest BCUT2D eigenvalue weighted by molar-refractivity contribution is -0.152. The smallest absolute Gasteiger partial charge is 0.311 e. The van der Waals surface area contributed by atoms with Gasteiger partial charge in [-0.25, -0.2) is 0 Å². The first-order chi connectivity index (χ1) is 16.8. The number of carboxylic acid groups (broad SMARTS) is 1. The Morgan fingerprint density at radius 1 is 1.20 bits per heavy atom. The third kappa shape index (κ3) is 7.61. The van der Waals surface area contributed by atoms with Crippen molar-refractivity contribution in [2.24, 2.45) is 5.41 Å². The van der Waals surface area contributed by atoms with Crippen LogP contribution in [-0.2, 0) is 16.0 Å². The van der Waals surface area contributed by atoms with Crippen molar-refractivity contribution in [2.75, 3.05) is 19.8 Å². The largest absolute Gasteiger partial charge is 0.481 e. The van der Waals surface area contributed by atoms with Gasteiger partial charge in [-0.2, -0.15) is 0 Å². The van der Waals surface area contributed by atoms with Crippen molar-refractivity contribution in [3.8, 4) is 11.1 Å². The van der Waals surface area contributed by atoms with Crippen molar-refractivity contribution in [1.29, 1.82) is 0 Å². The number of hydrogen-bond acceptors (Lipinski definition) is 6. The van der Waals surface area contributed by atoms with Crippen molar-refractivity contribution in [2.45, 2.75) is 32.2 Å². The second kappa shape index (κ2) is 12.4. The number of aliphatic hydroxyl groups is 1. The highest BCUT2D eigenvalue weighted by molar-refractivity contribution is 6.30. The molecule has 0 saturated carbocycles. The summed E-state index contributed by atoms with van der Waals surface area (Å²) in [4.78, 5) is 24.8. The minimum Gasteiger partial charge on any atom is -0.481 e. The van der Waals surface area contributed by atoms with Crippen molar-refractivity contribution in [3.05, 3.63) is 71.0 Å². The van der Waals surface area contributed by atoms with Gasteiger partial charge in [0.15, 0.2) is 5.69 Å². The van der Waals surface area contributed by atoms with E-state index >= 15 is 0 Å². The standard InChI is InChI=1S/C25H29ClN4O5/c1-25(24(33)34,16-35-11-3-10-31)14-21(28-23(32)22-15-27-30-29-22)12-17-6-8-18(9-7-17)19-4-2-5-20(26)13-19/h2,4-9,13,15,21,31H,3,10-12,14,16H2,1H3,(H,28,32)(H,33,34)(H,27,29,30)/t21-,25+/m1/s1. The molecule has 0 spiro atoms. The SMILES string of the molecule is C[C@@](COCCCO)(C[C@@H](Cc1ccc(-c2cccc(Cl)c2)cc1)NC(=O)c1c[nH]nn1)C(=O)O. The van der Waals surface area contributed by atoms with Crippen LogP contribution in [0.25, 0.3) is 11.1 Å². The lowest BCUT2D eigenvalue weighted by atomic mass is 9.82. The highest BCUT2D eigenvalue weighted by atomic mass is 35.5. The number of rotatable bonds is 13. The molecule has 0 aliphatic rings. The zero-order chi connectivity index (χ0) is 25.3. The van der Waals surface area contributed by atoms with E-state index in [4.69, 9.17) is 21.4 Å². The average molecular weight is 501 g/mol. The quantitative estimate of drug-likeness (QED) is 0.264. The van der Waals surface area contributed by atoms with Crippen LogP contribution in [-0.4, -0.2) is 63.4 Å². The second-order valence-corrected chi connectivity index (χ2v) is 9.08. The van der Waals surface area contributed by atoms with Crippen molar-refractivity contribution in [1.82, 2.24) is 20.7 Å². The van der Waals surface area contributed by atoms with Crippen LogP contribution in [0.1, 0.15) is 35.8 Å². The third-order valence-corrected chi connectivity index (χ3v) is 5.89. The average Bonchev–Trinajstić information content (AvgIpc) is 3.37. The number of benzene rings is 2. The van der Waals surface area contributed by atoms with Gasteiger partial charge in [-0.05, 0) is 55.0 Å². The Kier molecular flexibility index (Phi) is 9.36. The number of aromatic amines is 1. The number of nitrogens with zero attached hydrogens (tertiary/aromatic N) is 2. The van der Waals surface area contributed by atoms with Gasteiger partial charge in [-0.15, -0.1) is 5.10 Å². The van der Waals surface area contributed by atoms with E-state index in [1.165, 1.54) is 6.20 Å². The zero-order valence-electron chi connectivity index (χ0n) is 19.4. The molecule has 0 aliphatic heterocycles. The van der Waals surface area contributed by atoms with Gasteiger partial charge in [0, 0.05) is 24.3 Å². The number of ether oxygens (including phenoxy) is 1. The summed E-state index contributed by atoms with van der Waals surface area (Å²) in [6.45, 7) is 1.75. The van der Waals surface area contributed by atoms with Gasteiger partial charge in [-0.1, -0.05) is 53.2 Å². The van der Waals surface area contributed by atoms with Gasteiger partial charge < -0.3 is 20.3 Å². The topological polar surface area (TPSA) is 137 Å². The van der Waals surface area contributed by atoms with Crippen LogP contribution >= 0.6 is 11.6 Å². The van der Waals surface area contributed by atoms with E-state index in [-0.39, 0.29) is 31.9 Å². The van der Waals surface area contributed by atoms with E-state index in [2.05, 4.69) is 20.7 Å². The Balaban J connectivity index is 1.78. The number of aliphatic carboxylic acids is 1. The van der Waals surface area contributed by atoms with Crippen molar-refractivity contribution >= 4 is 23.5 Å². The molecule has 1 aromatic heterocycles. The van der Waals surface area contributed by atoms with Crippen molar-refractivity contribution < 1.29 is 24.5 Å². The maximum atomic E-state index is 12.7. The van der Waals surface area contributed by atoms with Crippen LogP contribution < -0.4 is 5.32 Å². The molecule has 3 rings (SSSR count). The molecule has 2 aromatic carbocycles. The predicted octanol–water partition coefficient (Wildman–Crippen LogP) is 3.35. The molecule has 0 radical (unpaired) electrons. The molecule has 1 amide bonds. The minimum atomic E-state index is -1.25. The highest BCUT2D eigenvalue weighted by Crippen LogP contribution is 2.28. The number of nitrogens with one attached hydrogen (secondary N) is 2. The first-order valence-corrected chi connectivity index (χ1v) is 11.6. The highest BCUT2D eigenvalue weighted by Gasteiger charge is 2.37. The molecule has 0 bridgehead atoms. The van der Waals surface area contributed by atoms with Gasteiger partial charge in [0.25, 0.3) is 5.91 Å². The number of halogens is 1. The molecule has 0 saturated heterocycles. The number of carbonyl (C=O) groups excluding carboxylic acids is 1. The maximum Gasteiger partial charge on any atom is 0.311 e. The van der Waals surface area contributed by atoms with Crippen LogP contribution in [0.3, 0.4) is 0 Å². The van der Waals surface area contributed by atoms with Gasteiger partial charge in [-0.3, -0.25) is 14.7 Å². The van der Waals surface area contributed by atoms with Gasteiger partial charge in [0.1, 0.15) is 0 Å². The van der Waals surface area contributed by atoms with Gasteiger partial charge in [0.05, 0.1) is 18.2 Å². The van der Waals surface area contributed by atoms with Crippen LogP contribution in [0, 0.1) is 5.41 Å². The van der Waals surface area contributed by atoms with Gasteiger partial charge in [0.2, 0.25) is 0 Å². The molecule has 0 unspecified atom stereocenters. The van der Waals surface area contributed by atoms with Crippen LogP contribution in [0.4, 0.5) is 0 Å². The molecule has 1 heterocycles. The molecule has 9 nitrogen and oxygen atoms in total. The fourth-order valence-corrected chi connectivity index (χ4v) is 3.94. The normalized spacial score (nSPS) is 13.7. The Morgan fingerprint density at radius 3 is 2.60 bits per heavy atom. The summed E-state index contributed by atoms with van der Waals surface area (Å²) < 4.78 is 5.51. The third-order valence-electron chi connectivity index (χ3n) is 5.66. The van der Waals surface area contributed by atoms with E-state index in [9.17, 15) is 14.7 Å². The fraction of sp³-hybridized carbons (Fsp3) is 0.360. The first kappa shape index (κ1) is 26.3. The van der Waals surface area contributed by atoms with E-state index in [1.54, 1.807) is 6.92 Å². The lowest BCUT2D eigenvalue weighted by Crippen LogP contribution is -2.44. The van der Waals surface area contributed by atoms with E-state index in [1.807, 2.05) is 48.5 Å². The van der Waals surface area contributed by atoms with Crippen LogP contribution in [0.15, 0.2) is 54.7 Å². The summed E-state index contributed by atoms with van der Waals surface area (Å²) >= 11 is 6.10. The van der Waals surface area contributed by atoms with Gasteiger partial charge >= 0.3 is 5.97 Å². The molecule has 2 atom stereocenters. The first-order valence-electron chi connectivity index (χ1n) is 11.2. The fourth-order valence-electron chi connectivity index (χ4n) is 3.75. The Bertz CT molecular complexity index is 1110. The Hall–Kier alpha value is -3.27. The molecule has 0 fully saturated rings. The summed E-state index contributed by atoms with van der Waals surface area (Å²) in [5.41, 5.74) is 1.76. The van der Waals surface area contributed by atoms with Crippen LogP contribution in [0.5, 0.6) is 0 Å². The molecular weight excluding hydrogens is 472 g/mol. The number of aliphatic hydroxyl groups excluding tert-OH is 1. The molecule has 0 aliphatic carbocycles. The summed E-state index contributed by atoms with van der Waals surface area (Å²) in [5.74, 6) is -1.48. The Morgan fingerprint density at radius 2 is 1.97 bits per heavy atom. The second-order valence-electron chi connectivity index (χ2n) is 8.64. The summed E-state index contributed by atoms with van der Waals surface area (Å²) in [7, 11) is 0. The minimum absolute atomic E-state index is 0.0364. The van der Waals surface area contributed by atoms with Crippen LogP contribution in [0.2, 0.25) is 5.02 Å².